The molecule has 0 bridgehead atoms. The molecule has 1 heterocycles. The van der Waals surface area contributed by atoms with Crippen LogP contribution in [-0.2, 0) is 37.4 Å². The smallest absolute Gasteiger partial charge is 0.462 e. The van der Waals surface area contributed by atoms with Crippen LogP contribution in [-0.4, -0.2) is 111 Å². The highest BCUT2D eigenvalue weighted by Crippen LogP contribution is 2.47. The van der Waals surface area contributed by atoms with Crippen molar-refractivity contribution >= 4 is 19.8 Å². The standard InChI is InChI=1S/C47H79O14P/c1-3-5-6-7-8-9-10-14-18-21-24-27-30-33-40(48)57-35-37(36-58-62(55,56)61-47-45(53)43(51)42(50)44(52)46(47)54)59-41(49)34-31-28-25-22-19-16-13-11-12-15-17-20-23-26-29-32-39-38(4-2)60-39/h11-12,16-17,19-20,25-26,28-29,37-39,42-47,50-54H,3-10,13-15,18,21-24,27,30-36H2,1-2H3,(H,55,56)/b12-11+,19-16+,20-17+,28-25+,29-26+. The molecule has 1 aliphatic heterocycles. The fourth-order valence-electron chi connectivity index (χ4n) is 6.97. The van der Waals surface area contributed by atoms with Gasteiger partial charge in [0.1, 0.15) is 43.2 Å². The maximum Gasteiger partial charge on any atom is 0.472 e. The lowest BCUT2D eigenvalue weighted by Gasteiger charge is -2.41. The summed E-state index contributed by atoms with van der Waals surface area (Å²) in [5.74, 6) is -1.20. The molecule has 1 saturated carbocycles. The number of aliphatic hydroxyl groups excluding tert-OH is 5. The number of phosphoric acid groups is 1. The molecule has 2 aliphatic rings. The maximum atomic E-state index is 12.8. The lowest BCUT2D eigenvalue weighted by Crippen LogP contribution is -2.64. The van der Waals surface area contributed by atoms with Crippen molar-refractivity contribution in [2.45, 2.75) is 210 Å². The Bertz CT molecular complexity index is 1380. The average molecular weight is 899 g/mol. The van der Waals surface area contributed by atoms with Crippen molar-refractivity contribution in [1.82, 2.24) is 0 Å². The monoisotopic (exact) mass is 899 g/mol. The van der Waals surface area contributed by atoms with Crippen LogP contribution in [0, 0.1) is 0 Å². The minimum atomic E-state index is -5.14. The van der Waals surface area contributed by atoms with Crippen LogP contribution in [0.15, 0.2) is 60.8 Å². The summed E-state index contributed by atoms with van der Waals surface area (Å²) in [6.45, 7) is 3.13. The highest BCUT2D eigenvalue weighted by Gasteiger charge is 2.51. The van der Waals surface area contributed by atoms with E-state index in [9.17, 15) is 44.6 Å². The van der Waals surface area contributed by atoms with Gasteiger partial charge in [0.15, 0.2) is 6.10 Å². The summed E-state index contributed by atoms with van der Waals surface area (Å²) in [6, 6.07) is 0. The molecule has 62 heavy (non-hydrogen) atoms. The number of hydrogen-bond donors (Lipinski definition) is 6. The number of phosphoric ester groups is 1. The number of esters is 2. The van der Waals surface area contributed by atoms with Crippen LogP contribution in [0.2, 0.25) is 0 Å². The lowest BCUT2D eigenvalue weighted by molar-refractivity contribution is -0.220. The molecule has 8 atom stereocenters. The van der Waals surface area contributed by atoms with Gasteiger partial charge in [-0.25, -0.2) is 4.57 Å². The third-order valence-corrected chi connectivity index (χ3v) is 11.8. The molecule has 14 nitrogen and oxygen atoms in total. The summed E-state index contributed by atoms with van der Waals surface area (Å²) in [6.07, 6.45) is 29.1. The van der Waals surface area contributed by atoms with Crippen molar-refractivity contribution in [3.05, 3.63) is 60.8 Å². The van der Waals surface area contributed by atoms with Gasteiger partial charge in [-0.2, -0.15) is 0 Å². The van der Waals surface area contributed by atoms with Crippen molar-refractivity contribution in [1.29, 1.82) is 0 Å². The molecular formula is C47H79O14P. The van der Waals surface area contributed by atoms with E-state index < -0.39 is 75.7 Å². The van der Waals surface area contributed by atoms with Crippen LogP contribution in [0.3, 0.4) is 0 Å². The number of allylic oxidation sites excluding steroid dienone is 9. The topological polar surface area (TPSA) is 222 Å². The van der Waals surface area contributed by atoms with E-state index in [4.69, 9.17) is 23.3 Å². The number of carbonyl (C=O) groups is 2. The molecule has 8 unspecified atom stereocenters. The molecule has 0 aromatic carbocycles. The van der Waals surface area contributed by atoms with Gasteiger partial charge in [-0.05, 0) is 51.4 Å². The third-order valence-electron chi connectivity index (χ3n) is 10.9. The van der Waals surface area contributed by atoms with Gasteiger partial charge in [0.05, 0.1) is 18.8 Å². The number of hydrogen-bond acceptors (Lipinski definition) is 13. The Morgan fingerprint density at radius 1 is 0.581 bits per heavy atom. The highest BCUT2D eigenvalue weighted by molar-refractivity contribution is 7.47. The lowest BCUT2D eigenvalue weighted by atomic mass is 9.85. The summed E-state index contributed by atoms with van der Waals surface area (Å²) in [4.78, 5) is 35.6. The van der Waals surface area contributed by atoms with Gasteiger partial charge in [0.25, 0.3) is 0 Å². The zero-order valence-electron chi connectivity index (χ0n) is 37.3. The minimum Gasteiger partial charge on any atom is -0.462 e. The summed E-state index contributed by atoms with van der Waals surface area (Å²) < 4.78 is 39.0. The fourth-order valence-corrected chi connectivity index (χ4v) is 7.94. The van der Waals surface area contributed by atoms with E-state index in [0.717, 1.165) is 51.4 Å². The molecule has 1 saturated heterocycles. The van der Waals surface area contributed by atoms with Crippen molar-refractivity contribution in [3.8, 4) is 0 Å². The molecule has 0 spiro atoms. The van der Waals surface area contributed by atoms with Gasteiger partial charge in [-0.1, -0.05) is 152 Å². The van der Waals surface area contributed by atoms with Crippen molar-refractivity contribution in [2.75, 3.05) is 13.2 Å². The van der Waals surface area contributed by atoms with E-state index in [1.165, 1.54) is 57.8 Å². The quantitative estimate of drug-likeness (QED) is 0.0116. The van der Waals surface area contributed by atoms with Gasteiger partial charge in [0.2, 0.25) is 0 Å². The maximum absolute atomic E-state index is 12.8. The van der Waals surface area contributed by atoms with Crippen LogP contribution in [0.25, 0.3) is 0 Å². The predicted octanol–water partition coefficient (Wildman–Crippen LogP) is 7.93. The van der Waals surface area contributed by atoms with Crippen molar-refractivity contribution in [2.24, 2.45) is 0 Å². The second kappa shape index (κ2) is 33.9. The SMILES string of the molecule is CCCCCCCCCCCCCCCC(=O)OCC(COP(=O)(O)OC1C(O)C(O)C(O)C(O)C1O)OC(=O)CC/C=C/C/C=C/C/C=C/C/C=C/C/C=C/CC1OC1CC. The van der Waals surface area contributed by atoms with Crippen LogP contribution in [0.5, 0.6) is 0 Å². The Kier molecular flexibility index (Phi) is 30.5. The van der Waals surface area contributed by atoms with Crippen LogP contribution >= 0.6 is 7.82 Å². The number of carbonyl (C=O) groups excluding carboxylic acids is 2. The molecule has 0 aromatic heterocycles. The number of unbranched alkanes of at least 4 members (excludes halogenated alkanes) is 12. The molecule has 6 N–H and O–H groups in total. The normalized spacial score (nSPS) is 25.7. The summed E-state index contributed by atoms with van der Waals surface area (Å²) >= 11 is 0. The molecule has 0 radical (unpaired) electrons. The summed E-state index contributed by atoms with van der Waals surface area (Å²) in [7, 11) is -5.14. The summed E-state index contributed by atoms with van der Waals surface area (Å²) in [5, 5.41) is 50.1. The van der Waals surface area contributed by atoms with E-state index >= 15 is 0 Å². The Morgan fingerprint density at radius 2 is 1.05 bits per heavy atom. The first-order chi connectivity index (χ1) is 29.9. The van der Waals surface area contributed by atoms with Gasteiger partial charge in [0, 0.05) is 12.8 Å². The molecular weight excluding hydrogens is 819 g/mol. The molecule has 356 valence electrons. The Morgan fingerprint density at radius 3 is 1.55 bits per heavy atom. The van der Waals surface area contributed by atoms with E-state index in [1.54, 1.807) is 0 Å². The molecule has 2 rings (SSSR count). The zero-order valence-corrected chi connectivity index (χ0v) is 38.2. The van der Waals surface area contributed by atoms with Gasteiger partial charge >= 0.3 is 19.8 Å². The zero-order chi connectivity index (χ0) is 45.4. The number of aliphatic hydroxyl groups is 5. The second-order valence-corrected chi connectivity index (χ2v) is 17.7. The highest BCUT2D eigenvalue weighted by atomic mass is 31.2. The van der Waals surface area contributed by atoms with Crippen LogP contribution < -0.4 is 0 Å². The van der Waals surface area contributed by atoms with Gasteiger partial charge < -0.3 is 44.6 Å². The minimum absolute atomic E-state index is 0.0320. The van der Waals surface area contributed by atoms with Crippen LogP contribution in [0.1, 0.15) is 155 Å². The van der Waals surface area contributed by atoms with Crippen molar-refractivity contribution in [3.63, 3.8) is 0 Å². The average Bonchev–Trinajstić information content (AvgIpc) is 4.03. The number of ether oxygens (including phenoxy) is 3. The second-order valence-electron chi connectivity index (χ2n) is 16.3. The number of rotatable bonds is 36. The fraction of sp³-hybridized carbons (Fsp3) is 0.745. The van der Waals surface area contributed by atoms with E-state index in [2.05, 4.69) is 56.4 Å². The van der Waals surface area contributed by atoms with Crippen LogP contribution in [0.4, 0.5) is 0 Å². The Hall–Kier alpha value is -2.49. The third kappa shape index (κ3) is 25.7. The molecule has 1 aliphatic carbocycles. The molecule has 0 amide bonds. The van der Waals surface area contributed by atoms with E-state index in [0.29, 0.717) is 31.5 Å². The Balaban J connectivity index is 1.73. The summed E-state index contributed by atoms with van der Waals surface area (Å²) in [5.41, 5.74) is 0. The predicted molar refractivity (Wildman–Crippen MR) is 239 cm³/mol. The van der Waals surface area contributed by atoms with E-state index in [-0.39, 0.29) is 12.8 Å². The molecule has 15 heteroatoms. The molecule has 0 aromatic rings. The first-order valence-electron chi connectivity index (χ1n) is 23.2. The van der Waals surface area contributed by atoms with Gasteiger partial charge in [-0.3, -0.25) is 18.6 Å². The number of epoxide rings is 1. The largest absolute Gasteiger partial charge is 0.472 e. The Labute approximate surface area is 370 Å². The first kappa shape index (κ1) is 55.6. The van der Waals surface area contributed by atoms with Crippen molar-refractivity contribution < 1.29 is 67.8 Å². The molecule has 2 fully saturated rings. The van der Waals surface area contributed by atoms with E-state index in [1.807, 2.05) is 18.2 Å². The first-order valence-corrected chi connectivity index (χ1v) is 24.7. The van der Waals surface area contributed by atoms with Gasteiger partial charge in [-0.15, -0.1) is 0 Å².